The third kappa shape index (κ3) is 20.3. The smallest absolute Gasteiger partial charge is 0.508 e. The summed E-state index contributed by atoms with van der Waals surface area (Å²) in [5.74, 6) is -0.125. The molecule has 6 aromatic rings. The maximum atomic E-state index is 13.0. The van der Waals surface area contributed by atoms with E-state index in [4.69, 9.17) is 28.4 Å². The van der Waals surface area contributed by atoms with Crippen LogP contribution in [-0.2, 0) is 64.2 Å². The highest BCUT2D eigenvalue weighted by Gasteiger charge is 2.48. The zero-order chi connectivity index (χ0) is 52.3. The number of aryl methyl sites for hydroxylation is 4. The van der Waals surface area contributed by atoms with Crippen molar-refractivity contribution in [1.29, 1.82) is 0 Å². The van der Waals surface area contributed by atoms with Crippen LogP contribution in [0.15, 0.2) is 133 Å². The van der Waals surface area contributed by atoms with E-state index >= 15 is 0 Å². The predicted molar refractivity (Wildman–Crippen MR) is 283 cm³/mol. The molecule has 73 heavy (non-hydrogen) atoms. The van der Waals surface area contributed by atoms with Gasteiger partial charge in [-0.2, -0.15) is 21.6 Å². The fraction of sp³-hybridized carbons (Fsp3) is 0.390. The molecule has 0 radical (unpaired) electrons. The van der Waals surface area contributed by atoms with Gasteiger partial charge in [0.1, 0.15) is 25.1 Å². The van der Waals surface area contributed by atoms with Crippen molar-refractivity contribution in [1.82, 2.24) is 0 Å². The van der Waals surface area contributed by atoms with Crippen LogP contribution in [0.4, 0.5) is 13.2 Å². The minimum absolute atomic E-state index is 0.203. The number of methoxy groups -OCH3 is 2. The van der Waals surface area contributed by atoms with E-state index in [-0.39, 0.29) is 12.5 Å². The Bertz CT molecular complexity index is 2600. The van der Waals surface area contributed by atoms with E-state index in [0.29, 0.717) is 63.1 Å². The highest BCUT2D eigenvalue weighted by Crippen LogP contribution is 2.36. The molecule has 394 valence electrons. The van der Waals surface area contributed by atoms with Crippen molar-refractivity contribution in [2.24, 2.45) is 0 Å². The van der Waals surface area contributed by atoms with Gasteiger partial charge in [-0.1, -0.05) is 124 Å². The van der Waals surface area contributed by atoms with Gasteiger partial charge in [-0.3, -0.25) is 0 Å². The van der Waals surface area contributed by atoms with Crippen LogP contribution in [0, 0.1) is 0 Å². The summed E-state index contributed by atoms with van der Waals surface area (Å²) in [6.07, 6.45) is 10.0. The number of phenols is 1. The number of hydrogen-bond donors (Lipinski definition) is 1. The van der Waals surface area contributed by atoms with Crippen molar-refractivity contribution in [2.75, 3.05) is 67.4 Å². The molecule has 0 aliphatic rings. The molecule has 1 N–H and O–H groups in total. The van der Waals surface area contributed by atoms with Gasteiger partial charge in [0.15, 0.2) is 0 Å². The molecular weight excluding hydrogens is 958 g/mol. The number of unbranched alkanes of at least 4 members (excludes halogenated alkanes) is 2. The average molecular weight is 1030 g/mol. The normalized spacial score (nSPS) is 11.6. The Labute approximate surface area is 430 Å². The fourth-order valence-electron chi connectivity index (χ4n) is 7.71. The Morgan fingerprint density at radius 3 is 1.05 bits per heavy atom. The zero-order valence-electron chi connectivity index (χ0n) is 42.6. The largest absolute Gasteiger partial charge is 0.534 e. The number of rotatable bonds is 30. The molecule has 0 atom stereocenters. The lowest BCUT2D eigenvalue weighted by Crippen LogP contribution is -2.28. The monoisotopic (exact) mass is 1030 g/mol. The first-order chi connectivity index (χ1) is 35.3. The predicted octanol–water partition coefficient (Wildman–Crippen LogP) is 13.8. The number of phenolic OH excluding ortho intramolecular Hbond substituents is 1. The van der Waals surface area contributed by atoms with E-state index in [1.165, 1.54) is 36.1 Å². The van der Waals surface area contributed by atoms with Crippen LogP contribution < -0.4 is 4.18 Å². The van der Waals surface area contributed by atoms with Crippen molar-refractivity contribution in [3.8, 4) is 56.0 Å². The molecule has 10 nitrogen and oxygen atoms in total. The standard InChI is InChI=1S/C30H35F3O6S.C29H36O4/c1-3-4-6-23-8-12-25(13-9-23)27-19-28(21-29(20-27)39-40(34,35)30(31,32)33)26-14-10-24(11-15-26)7-5-16-37-22-38-18-17-36-2;1-3-4-6-23-8-12-25(13-9-23)27-19-28(21-29(30)20-27)26-14-10-24(11-15-26)7-5-16-32-22-33-18-17-31-2/h8-15,19-21H,3-7,16-18,22H2,1-2H3;8-15,19-21,30H,3-7,16-18,22H2,1-2H3. The summed E-state index contributed by atoms with van der Waals surface area (Å²) in [4.78, 5) is 0. The van der Waals surface area contributed by atoms with Crippen LogP contribution in [-0.4, -0.2) is 86.5 Å². The lowest BCUT2D eigenvalue weighted by Gasteiger charge is -2.14. The summed E-state index contributed by atoms with van der Waals surface area (Å²) < 4.78 is 98.4. The maximum Gasteiger partial charge on any atom is 0.534 e. The summed E-state index contributed by atoms with van der Waals surface area (Å²) in [7, 11) is -2.57. The van der Waals surface area contributed by atoms with Gasteiger partial charge >= 0.3 is 15.6 Å². The van der Waals surface area contributed by atoms with Crippen molar-refractivity contribution in [3.63, 3.8) is 0 Å². The second kappa shape index (κ2) is 31.2. The Hall–Kier alpha value is -5.58. The average Bonchev–Trinajstić information content (AvgIpc) is 3.39. The van der Waals surface area contributed by atoms with E-state index in [9.17, 15) is 26.7 Å². The number of benzene rings is 6. The molecule has 0 fully saturated rings. The second-order valence-electron chi connectivity index (χ2n) is 17.6. The van der Waals surface area contributed by atoms with Crippen molar-refractivity contribution in [3.05, 3.63) is 156 Å². The molecule has 0 aliphatic heterocycles. The molecule has 0 saturated carbocycles. The summed E-state index contributed by atoms with van der Waals surface area (Å²) in [5.41, 5.74) is 6.08. The minimum Gasteiger partial charge on any atom is -0.508 e. The van der Waals surface area contributed by atoms with Gasteiger partial charge < -0.3 is 37.7 Å². The van der Waals surface area contributed by atoms with E-state index in [0.717, 1.165) is 90.3 Å². The molecule has 0 amide bonds. The lowest BCUT2D eigenvalue weighted by molar-refractivity contribution is -0.0661. The Morgan fingerprint density at radius 1 is 0.425 bits per heavy atom. The van der Waals surface area contributed by atoms with Crippen LogP contribution in [0.3, 0.4) is 0 Å². The van der Waals surface area contributed by atoms with Crippen LogP contribution in [0.25, 0.3) is 44.5 Å². The van der Waals surface area contributed by atoms with Crippen molar-refractivity contribution < 1.29 is 59.3 Å². The molecule has 0 unspecified atom stereocenters. The highest BCUT2D eigenvalue weighted by molar-refractivity contribution is 7.88. The second-order valence-corrected chi connectivity index (χ2v) is 19.1. The fourth-order valence-corrected chi connectivity index (χ4v) is 8.16. The zero-order valence-corrected chi connectivity index (χ0v) is 43.4. The topological polar surface area (TPSA) is 119 Å². The van der Waals surface area contributed by atoms with Gasteiger partial charge in [0, 0.05) is 27.4 Å². The number of ether oxygens (including phenoxy) is 6. The Morgan fingerprint density at radius 2 is 0.740 bits per heavy atom. The number of aromatic hydroxyl groups is 1. The number of alkyl halides is 3. The van der Waals surface area contributed by atoms with Gasteiger partial charge in [-0.05, 0) is 155 Å². The molecule has 0 spiro atoms. The molecule has 14 heteroatoms. The van der Waals surface area contributed by atoms with E-state index in [2.05, 4.69) is 72.6 Å². The van der Waals surface area contributed by atoms with Crippen LogP contribution in [0.5, 0.6) is 11.5 Å². The summed E-state index contributed by atoms with van der Waals surface area (Å²) in [6.45, 7) is 8.16. The lowest BCUT2D eigenvalue weighted by atomic mass is 9.96. The van der Waals surface area contributed by atoms with Gasteiger partial charge in [0.05, 0.1) is 26.4 Å². The highest BCUT2D eigenvalue weighted by atomic mass is 32.2. The summed E-state index contributed by atoms with van der Waals surface area (Å²) in [6, 6.07) is 42.7. The molecule has 6 aromatic carbocycles. The third-order valence-corrected chi connectivity index (χ3v) is 12.8. The van der Waals surface area contributed by atoms with Crippen molar-refractivity contribution >= 4 is 10.1 Å². The number of halogens is 3. The number of hydrogen-bond acceptors (Lipinski definition) is 10. The molecule has 0 aliphatic carbocycles. The molecule has 0 heterocycles. The summed E-state index contributed by atoms with van der Waals surface area (Å²) in [5, 5.41) is 10.3. The first-order valence-corrected chi connectivity index (χ1v) is 26.4. The Balaban J connectivity index is 0.000000276. The van der Waals surface area contributed by atoms with Crippen molar-refractivity contribution in [2.45, 2.75) is 83.6 Å². The van der Waals surface area contributed by atoms with Crippen LogP contribution in [0.1, 0.15) is 74.6 Å². The van der Waals surface area contributed by atoms with Crippen LogP contribution in [0.2, 0.25) is 0 Å². The molecule has 0 bridgehead atoms. The third-order valence-electron chi connectivity index (χ3n) is 11.8. The van der Waals surface area contributed by atoms with E-state index < -0.39 is 21.4 Å². The van der Waals surface area contributed by atoms with Gasteiger partial charge in [-0.15, -0.1) is 0 Å². The first kappa shape index (κ1) is 58.3. The molecular formula is C59H71F3O10S. The van der Waals surface area contributed by atoms with E-state index in [1.54, 1.807) is 20.3 Å². The van der Waals surface area contributed by atoms with Gasteiger partial charge in [-0.25, -0.2) is 0 Å². The summed E-state index contributed by atoms with van der Waals surface area (Å²) >= 11 is 0. The molecule has 6 rings (SSSR count). The molecule has 0 saturated heterocycles. The first-order valence-electron chi connectivity index (χ1n) is 25.0. The van der Waals surface area contributed by atoms with Gasteiger partial charge in [0.2, 0.25) is 0 Å². The maximum absolute atomic E-state index is 13.0. The van der Waals surface area contributed by atoms with E-state index in [1.807, 2.05) is 60.7 Å². The quantitative estimate of drug-likeness (QED) is 0.0202. The van der Waals surface area contributed by atoms with Gasteiger partial charge in [0.25, 0.3) is 0 Å². The SMILES string of the molecule is CCCCc1ccc(-c2cc(O)cc(-c3ccc(CCCOCOCCOC)cc3)c2)cc1.CCCCc1ccc(-c2cc(OS(=O)(=O)C(F)(F)F)cc(-c3ccc(CCCOCOCCOC)cc3)c2)cc1. The Kier molecular flexibility index (Phi) is 24.9. The minimum atomic E-state index is -5.82. The molecule has 0 aromatic heterocycles. The van der Waals surface area contributed by atoms with Crippen LogP contribution >= 0.6 is 0 Å².